The van der Waals surface area contributed by atoms with Crippen LogP contribution in [0.3, 0.4) is 0 Å². The van der Waals surface area contributed by atoms with Gasteiger partial charge in [-0.15, -0.1) is 11.3 Å². The molecule has 2 aromatic rings. The number of aryl methyl sites for hydroxylation is 2. The maximum absolute atomic E-state index is 5.74. The van der Waals surface area contributed by atoms with Gasteiger partial charge in [0, 0.05) is 11.1 Å². The smallest absolute Gasteiger partial charge is 0.190 e. The lowest BCUT2D eigenvalue weighted by atomic mass is 10.4. The van der Waals surface area contributed by atoms with Crippen LogP contribution in [0.4, 0.5) is 5.82 Å². The zero-order chi connectivity index (χ0) is 11.0. The van der Waals surface area contributed by atoms with E-state index in [0.29, 0.717) is 11.6 Å². The first kappa shape index (κ1) is 10.5. The lowest BCUT2D eigenvalue weighted by Crippen LogP contribution is -1.99. The molecule has 0 aliphatic heterocycles. The van der Waals surface area contributed by atoms with Gasteiger partial charge in [0.25, 0.3) is 0 Å². The lowest BCUT2D eigenvalue weighted by molar-refractivity contribution is 1.09. The van der Waals surface area contributed by atoms with E-state index < -0.39 is 0 Å². The van der Waals surface area contributed by atoms with Crippen molar-refractivity contribution >= 4 is 33.1 Å². The van der Waals surface area contributed by atoms with E-state index in [2.05, 4.69) is 30.9 Å². The molecule has 0 aliphatic carbocycles. The van der Waals surface area contributed by atoms with E-state index in [1.54, 1.807) is 0 Å². The molecular weight excluding hydrogens is 276 g/mol. The van der Waals surface area contributed by atoms with Crippen LogP contribution < -0.4 is 5.73 Å². The van der Waals surface area contributed by atoms with E-state index in [0.717, 1.165) is 20.9 Å². The van der Waals surface area contributed by atoms with Crippen LogP contribution in [0.15, 0.2) is 9.85 Å². The second-order valence-electron chi connectivity index (χ2n) is 3.13. The summed E-state index contributed by atoms with van der Waals surface area (Å²) in [5, 5.41) is 2.77. The van der Waals surface area contributed by atoms with Gasteiger partial charge >= 0.3 is 0 Å². The molecule has 4 nitrogen and oxygen atoms in total. The highest BCUT2D eigenvalue weighted by molar-refractivity contribution is 9.10. The molecule has 15 heavy (non-hydrogen) atoms. The summed E-state index contributed by atoms with van der Waals surface area (Å²) in [5.74, 6) is 1.04. The number of aromatic nitrogens is 3. The van der Waals surface area contributed by atoms with Crippen molar-refractivity contribution < 1.29 is 0 Å². The Bertz CT molecular complexity index is 486. The Morgan fingerprint density at radius 1 is 1.27 bits per heavy atom. The minimum atomic E-state index is 0.449. The van der Waals surface area contributed by atoms with Crippen LogP contribution in [0.5, 0.6) is 0 Å². The van der Waals surface area contributed by atoms with Crippen LogP contribution >= 0.6 is 27.3 Å². The summed E-state index contributed by atoms with van der Waals surface area (Å²) < 4.78 is 0.750. The van der Waals surface area contributed by atoms with Gasteiger partial charge < -0.3 is 5.73 Å². The third-order valence-corrected chi connectivity index (χ3v) is 3.79. The quantitative estimate of drug-likeness (QED) is 0.874. The molecule has 6 heteroatoms. The Morgan fingerprint density at radius 2 is 2.00 bits per heavy atom. The first-order valence-electron chi connectivity index (χ1n) is 4.30. The van der Waals surface area contributed by atoms with E-state index in [1.807, 2.05) is 19.2 Å². The predicted molar refractivity (Wildman–Crippen MR) is 64.7 cm³/mol. The van der Waals surface area contributed by atoms with Gasteiger partial charge in [-0.25, -0.2) is 15.0 Å². The summed E-state index contributed by atoms with van der Waals surface area (Å²) in [4.78, 5) is 12.8. The van der Waals surface area contributed by atoms with Gasteiger partial charge in [-0.05, 0) is 29.8 Å². The van der Waals surface area contributed by atoms with E-state index >= 15 is 0 Å². The highest BCUT2D eigenvalue weighted by Gasteiger charge is 2.10. The third-order valence-electron chi connectivity index (χ3n) is 1.85. The molecule has 0 aliphatic rings. The molecule has 2 rings (SSSR count). The topological polar surface area (TPSA) is 64.7 Å². The fourth-order valence-electron chi connectivity index (χ4n) is 1.13. The van der Waals surface area contributed by atoms with E-state index in [9.17, 15) is 0 Å². The summed E-state index contributed by atoms with van der Waals surface area (Å²) in [6.07, 6.45) is 0. The number of hydrogen-bond donors (Lipinski definition) is 1. The largest absolute Gasteiger partial charge is 0.383 e. The average Bonchev–Trinajstić information content (AvgIpc) is 2.60. The first-order chi connectivity index (χ1) is 7.08. The van der Waals surface area contributed by atoms with E-state index in [-0.39, 0.29) is 0 Å². The number of hydrogen-bond acceptors (Lipinski definition) is 5. The monoisotopic (exact) mass is 284 g/mol. The highest BCUT2D eigenvalue weighted by Crippen LogP contribution is 2.26. The molecule has 0 atom stereocenters. The number of nitrogens with two attached hydrogens (primary N) is 1. The number of nitrogens with zero attached hydrogens (tertiary/aromatic N) is 3. The Kier molecular flexibility index (Phi) is 2.70. The highest BCUT2D eigenvalue weighted by atomic mass is 79.9. The molecule has 0 aromatic carbocycles. The summed E-state index contributed by atoms with van der Waals surface area (Å²) in [6.45, 7) is 3.82. The number of anilines is 1. The Morgan fingerprint density at radius 3 is 2.53 bits per heavy atom. The molecule has 0 radical (unpaired) electrons. The van der Waals surface area contributed by atoms with Crippen LogP contribution in [-0.2, 0) is 0 Å². The van der Waals surface area contributed by atoms with Crippen LogP contribution in [0.2, 0.25) is 0 Å². The predicted octanol–water partition coefficient (Wildman–Crippen LogP) is 2.56. The van der Waals surface area contributed by atoms with Crippen LogP contribution in [0.1, 0.15) is 11.4 Å². The lowest BCUT2D eigenvalue weighted by Gasteiger charge is -2.02. The number of rotatable bonds is 1. The van der Waals surface area contributed by atoms with Crippen molar-refractivity contribution in [3.8, 4) is 10.8 Å². The maximum Gasteiger partial charge on any atom is 0.190 e. The average molecular weight is 285 g/mol. The van der Waals surface area contributed by atoms with Crippen molar-refractivity contribution in [1.82, 2.24) is 15.0 Å². The molecule has 0 saturated heterocycles. The SMILES string of the molecule is Cc1csc(-c2nc(C)c(Br)c(N)n2)n1. The van der Waals surface area contributed by atoms with Gasteiger partial charge in [-0.1, -0.05) is 0 Å². The molecule has 2 N–H and O–H groups in total. The number of nitrogen functional groups attached to an aromatic ring is 1. The molecule has 0 fully saturated rings. The minimum Gasteiger partial charge on any atom is -0.383 e. The second kappa shape index (κ2) is 3.86. The van der Waals surface area contributed by atoms with E-state index in [4.69, 9.17) is 5.73 Å². The normalized spacial score (nSPS) is 10.6. The standard InChI is InChI=1S/C9H9BrN4S/c1-4-3-15-9(12-4)8-13-5(2)6(10)7(11)14-8/h3H,1-2H3,(H2,11,13,14). The fraction of sp³-hybridized carbons (Fsp3) is 0.222. The molecule has 2 heterocycles. The summed E-state index contributed by atoms with van der Waals surface area (Å²) in [7, 11) is 0. The third kappa shape index (κ3) is 2.00. The zero-order valence-corrected chi connectivity index (χ0v) is 10.7. The summed E-state index contributed by atoms with van der Waals surface area (Å²) in [6, 6.07) is 0. The summed E-state index contributed by atoms with van der Waals surface area (Å²) in [5.41, 5.74) is 7.54. The number of thiazole rings is 1. The molecule has 0 spiro atoms. The molecular formula is C9H9BrN4S. The zero-order valence-electron chi connectivity index (χ0n) is 8.28. The van der Waals surface area contributed by atoms with Gasteiger partial charge in [-0.3, -0.25) is 0 Å². The minimum absolute atomic E-state index is 0.449. The molecule has 78 valence electrons. The Labute approximate surface area is 99.7 Å². The van der Waals surface area contributed by atoms with Gasteiger partial charge in [0.15, 0.2) is 10.8 Å². The maximum atomic E-state index is 5.74. The van der Waals surface area contributed by atoms with Crippen molar-refractivity contribution in [3.05, 3.63) is 21.2 Å². The van der Waals surface area contributed by atoms with Crippen LogP contribution in [0, 0.1) is 13.8 Å². The molecule has 0 amide bonds. The van der Waals surface area contributed by atoms with Gasteiger partial charge in [0.2, 0.25) is 0 Å². The van der Waals surface area contributed by atoms with E-state index in [1.165, 1.54) is 11.3 Å². The van der Waals surface area contributed by atoms with Crippen molar-refractivity contribution in [1.29, 1.82) is 0 Å². The fourth-order valence-corrected chi connectivity index (χ4v) is 2.04. The molecule has 0 unspecified atom stereocenters. The van der Waals surface area contributed by atoms with Crippen LogP contribution in [0.25, 0.3) is 10.8 Å². The Balaban J connectivity index is 2.55. The molecule has 0 bridgehead atoms. The van der Waals surface area contributed by atoms with Gasteiger partial charge in [0.1, 0.15) is 5.82 Å². The molecule has 0 saturated carbocycles. The van der Waals surface area contributed by atoms with Crippen molar-refractivity contribution in [2.45, 2.75) is 13.8 Å². The molecule has 2 aromatic heterocycles. The van der Waals surface area contributed by atoms with Crippen LogP contribution in [-0.4, -0.2) is 15.0 Å². The van der Waals surface area contributed by atoms with Crippen molar-refractivity contribution in [3.63, 3.8) is 0 Å². The van der Waals surface area contributed by atoms with Crippen molar-refractivity contribution in [2.24, 2.45) is 0 Å². The first-order valence-corrected chi connectivity index (χ1v) is 5.97. The second-order valence-corrected chi connectivity index (χ2v) is 4.78. The number of halogens is 1. The summed E-state index contributed by atoms with van der Waals surface area (Å²) >= 11 is 4.84. The van der Waals surface area contributed by atoms with Crippen molar-refractivity contribution in [2.75, 3.05) is 5.73 Å². The van der Waals surface area contributed by atoms with Gasteiger partial charge in [-0.2, -0.15) is 0 Å². The Hall–Kier alpha value is -1.01. The van der Waals surface area contributed by atoms with Gasteiger partial charge in [0.05, 0.1) is 10.2 Å².